The minimum absolute atomic E-state index is 0.0154. The van der Waals surface area contributed by atoms with Crippen molar-refractivity contribution in [2.75, 3.05) is 39.3 Å². The number of hydrogen-bond donors (Lipinski definition) is 2. The zero-order valence-electron chi connectivity index (χ0n) is 16.8. The Labute approximate surface area is 183 Å². The Balaban J connectivity index is 1.44. The van der Waals surface area contributed by atoms with E-state index in [0.29, 0.717) is 30.1 Å². The van der Waals surface area contributed by atoms with E-state index in [0.717, 1.165) is 12.8 Å². The Bertz CT molecular complexity index is 1250. The van der Waals surface area contributed by atoms with Gasteiger partial charge in [-0.1, -0.05) is 11.3 Å². The lowest BCUT2D eigenvalue weighted by Crippen LogP contribution is -2.50. The van der Waals surface area contributed by atoms with Gasteiger partial charge in [-0.05, 0) is 25.8 Å². The third kappa shape index (κ3) is 4.09. The van der Waals surface area contributed by atoms with Crippen molar-refractivity contribution in [2.45, 2.75) is 28.9 Å². The zero-order valence-corrected chi connectivity index (χ0v) is 19.3. The number of carbonyl (C=O) groups excluding carboxylic acids is 1. The van der Waals surface area contributed by atoms with Crippen molar-refractivity contribution >= 4 is 37.3 Å². The fourth-order valence-electron chi connectivity index (χ4n) is 3.78. The number of aromatic amines is 2. The second kappa shape index (κ2) is 8.16. The van der Waals surface area contributed by atoms with E-state index in [9.17, 15) is 26.4 Å². The topological polar surface area (TPSA) is 144 Å². The molecule has 2 N–H and O–H groups in total. The Kier molecular flexibility index (Phi) is 5.85. The lowest BCUT2D eigenvalue weighted by atomic mass is 10.3. The van der Waals surface area contributed by atoms with E-state index >= 15 is 0 Å². The smallest absolute Gasteiger partial charge is 0.305 e. The fourth-order valence-corrected chi connectivity index (χ4v) is 8.15. The summed E-state index contributed by atoms with van der Waals surface area (Å²) in [6, 6.07) is 1.33. The van der Waals surface area contributed by atoms with Crippen LogP contribution in [0.5, 0.6) is 0 Å². The molecule has 0 bridgehead atoms. The van der Waals surface area contributed by atoms with Crippen LogP contribution >= 0.6 is 11.3 Å². The van der Waals surface area contributed by atoms with Crippen LogP contribution in [0.3, 0.4) is 0 Å². The van der Waals surface area contributed by atoms with Crippen molar-refractivity contribution in [1.82, 2.24) is 23.5 Å². The second-order valence-corrected chi connectivity index (χ2v) is 12.5. The molecule has 2 aromatic heterocycles. The molecular formula is C17H23N5O6S3. The van der Waals surface area contributed by atoms with Gasteiger partial charge in [0.05, 0.1) is 0 Å². The van der Waals surface area contributed by atoms with E-state index in [4.69, 9.17) is 0 Å². The number of carbonyl (C=O) groups is 1. The highest BCUT2D eigenvalue weighted by Crippen LogP contribution is 2.24. The molecule has 2 aromatic rings. The molecule has 4 heterocycles. The third-order valence-corrected chi connectivity index (χ3v) is 10.8. The van der Waals surface area contributed by atoms with Crippen molar-refractivity contribution in [3.05, 3.63) is 33.3 Å². The highest BCUT2D eigenvalue weighted by molar-refractivity contribution is 7.91. The van der Waals surface area contributed by atoms with E-state index in [1.54, 1.807) is 0 Å². The molecule has 0 atom stereocenters. The Morgan fingerprint density at radius 2 is 1.58 bits per heavy atom. The molecule has 0 aliphatic carbocycles. The first-order valence-corrected chi connectivity index (χ1v) is 13.5. The number of aromatic nitrogens is 2. The Morgan fingerprint density at radius 3 is 2.16 bits per heavy atom. The van der Waals surface area contributed by atoms with Gasteiger partial charge in [-0.15, -0.1) is 0 Å². The standard InChI is InChI=1S/C17H23N5O6S3/c1-12-16(29-17(24)19-12)31(27,28)22-8-6-20(7-9-22)15(23)14-10-13(11-18-14)30(25,26)21-4-2-3-5-21/h10-11,18H,2-9H2,1H3,(H,19,24). The Morgan fingerprint density at radius 1 is 0.968 bits per heavy atom. The van der Waals surface area contributed by atoms with E-state index in [2.05, 4.69) is 9.97 Å². The number of amides is 1. The van der Waals surface area contributed by atoms with Crippen molar-refractivity contribution < 1.29 is 21.6 Å². The van der Waals surface area contributed by atoms with Gasteiger partial charge in [0.25, 0.3) is 15.9 Å². The normalized spacial score (nSPS) is 19.2. The van der Waals surface area contributed by atoms with Crippen LogP contribution in [0.1, 0.15) is 29.0 Å². The maximum atomic E-state index is 12.8. The molecule has 14 heteroatoms. The average molecular weight is 490 g/mol. The van der Waals surface area contributed by atoms with Crippen LogP contribution in [-0.2, 0) is 20.0 Å². The third-order valence-electron chi connectivity index (χ3n) is 5.47. The summed E-state index contributed by atoms with van der Waals surface area (Å²) in [5, 5.41) is 0. The molecule has 2 fully saturated rings. The van der Waals surface area contributed by atoms with Gasteiger partial charge < -0.3 is 14.9 Å². The minimum Gasteiger partial charge on any atom is -0.356 e. The first kappa shape index (κ1) is 22.2. The van der Waals surface area contributed by atoms with Crippen LogP contribution in [0.4, 0.5) is 0 Å². The largest absolute Gasteiger partial charge is 0.356 e. The van der Waals surface area contributed by atoms with Crippen LogP contribution in [0.2, 0.25) is 0 Å². The summed E-state index contributed by atoms with van der Waals surface area (Å²) in [6.45, 7) is 2.96. The molecule has 170 valence electrons. The van der Waals surface area contributed by atoms with Gasteiger partial charge in [0, 0.05) is 51.2 Å². The Hall–Kier alpha value is -2.00. The van der Waals surface area contributed by atoms with Gasteiger partial charge in [-0.25, -0.2) is 16.8 Å². The molecule has 0 radical (unpaired) electrons. The number of nitrogens with zero attached hydrogens (tertiary/aromatic N) is 3. The molecule has 0 unspecified atom stereocenters. The first-order chi connectivity index (χ1) is 14.6. The average Bonchev–Trinajstić information content (AvgIpc) is 3.49. The van der Waals surface area contributed by atoms with Crippen LogP contribution in [0.15, 0.2) is 26.2 Å². The van der Waals surface area contributed by atoms with Crippen LogP contribution in [-0.4, -0.2) is 85.5 Å². The van der Waals surface area contributed by atoms with Crippen molar-refractivity contribution in [1.29, 1.82) is 0 Å². The summed E-state index contributed by atoms with van der Waals surface area (Å²) < 4.78 is 53.5. The molecular weight excluding hydrogens is 466 g/mol. The lowest BCUT2D eigenvalue weighted by Gasteiger charge is -2.33. The molecule has 0 saturated carbocycles. The summed E-state index contributed by atoms with van der Waals surface area (Å²) in [4.78, 5) is 30.6. The van der Waals surface area contributed by atoms with Crippen molar-refractivity contribution in [2.24, 2.45) is 0 Å². The van der Waals surface area contributed by atoms with E-state index in [1.165, 1.54) is 32.7 Å². The predicted molar refractivity (Wildman–Crippen MR) is 113 cm³/mol. The number of thiazole rings is 1. The lowest BCUT2D eigenvalue weighted by molar-refractivity contribution is 0.0692. The predicted octanol–water partition coefficient (Wildman–Crippen LogP) is 0.00412. The summed E-state index contributed by atoms with van der Waals surface area (Å²) in [6.07, 6.45) is 2.96. The maximum absolute atomic E-state index is 12.8. The summed E-state index contributed by atoms with van der Waals surface area (Å²) in [7, 11) is -7.45. The van der Waals surface area contributed by atoms with Gasteiger partial charge in [0.15, 0.2) is 4.21 Å². The number of sulfonamides is 2. The summed E-state index contributed by atoms with van der Waals surface area (Å²) >= 11 is 0.647. The monoisotopic (exact) mass is 489 g/mol. The minimum atomic E-state index is -3.82. The van der Waals surface area contributed by atoms with Crippen LogP contribution < -0.4 is 4.87 Å². The summed E-state index contributed by atoms with van der Waals surface area (Å²) in [5.41, 5.74) is 0.445. The SMILES string of the molecule is Cc1[nH]c(=O)sc1S(=O)(=O)N1CCN(C(=O)c2cc(S(=O)(=O)N3CCCC3)c[nH]2)CC1. The van der Waals surface area contributed by atoms with Gasteiger partial charge in [0.1, 0.15) is 10.6 Å². The molecule has 2 aliphatic heterocycles. The molecule has 31 heavy (non-hydrogen) atoms. The van der Waals surface area contributed by atoms with E-state index in [1.807, 2.05) is 0 Å². The highest BCUT2D eigenvalue weighted by Gasteiger charge is 2.34. The molecule has 1 amide bonds. The summed E-state index contributed by atoms with van der Waals surface area (Å²) in [5.74, 6) is -0.387. The van der Waals surface area contributed by atoms with Gasteiger partial charge >= 0.3 is 4.87 Å². The molecule has 11 nitrogen and oxygen atoms in total. The van der Waals surface area contributed by atoms with Crippen molar-refractivity contribution in [3.63, 3.8) is 0 Å². The molecule has 2 aliphatic rings. The zero-order chi connectivity index (χ0) is 22.4. The fraction of sp³-hybridized carbons (Fsp3) is 0.529. The molecule has 0 aromatic carbocycles. The molecule has 4 rings (SSSR count). The van der Waals surface area contributed by atoms with Crippen LogP contribution in [0, 0.1) is 6.92 Å². The maximum Gasteiger partial charge on any atom is 0.305 e. The van der Waals surface area contributed by atoms with Crippen LogP contribution in [0.25, 0.3) is 0 Å². The van der Waals surface area contributed by atoms with E-state index < -0.39 is 24.9 Å². The van der Waals surface area contributed by atoms with Gasteiger partial charge in [-0.3, -0.25) is 9.59 Å². The molecule has 0 spiro atoms. The number of piperazine rings is 1. The van der Waals surface area contributed by atoms with Gasteiger partial charge in [-0.2, -0.15) is 8.61 Å². The quantitative estimate of drug-likeness (QED) is 0.605. The first-order valence-electron chi connectivity index (χ1n) is 9.78. The number of nitrogens with one attached hydrogen (secondary N) is 2. The van der Waals surface area contributed by atoms with Crippen molar-refractivity contribution in [3.8, 4) is 0 Å². The second-order valence-electron chi connectivity index (χ2n) is 7.48. The van der Waals surface area contributed by atoms with Gasteiger partial charge in [0.2, 0.25) is 10.0 Å². The van der Waals surface area contributed by atoms with E-state index in [-0.39, 0.29) is 46.9 Å². The number of H-pyrrole nitrogens is 2. The number of hydrogen-bond acceptors (Lipinski definition) is 7. The number of rotatable bonds is 5. The number of aryl methyl sites for hydroxylation is 1. The highest BCUT2D eigenvalue weighted by atomic mass is 32.2. The molecule has 2 saturated heterocycles.